The summed E-state index contributed by atoms with van der Waals surface area (Å²) in [6.07, 6.45) is 3.49. The lowest BCUT2D eigenvalue weighted by molar-refractivity contribution is 0.292. The van der Waals surface area contributed by atoms with Crippen LogP contribution in [0.25, 0.3) is 0 Å². The van der Waals surface area contributed by atoms with Crippen molar-refractivity contribution >= 4 is 11.8 Å². The zero-order chi connectivity index (χ0) is 10.9. The van der Waals surface area contributed by atoms with E-state index in [1.807, 2.05) is 6.07 Å². The van der Waals surface area contributed by atoms with E-state index < -0.39 is 0 Å². The van der Waals surface area contributed by atoms with Crippen molar-refractivity contribution in [1.29, 1.82) is 0 Å². The van der Waals surface area contributed by atoms with Gasteiger partial charge in [0.1, 0.15) is 5.82 Å². The minimum Gasteiger partial charge on any atom is -0.396 e. The highest BCUT2D eigenvalue weighted by molar-refractivity contribution is 5.39. The summed E-state index contributed by atoms with van der Waals surface area (Å²) in [5.41, 5.74) is 0. The van der Waals surface area contributed by atoms with Gasteiger partial charge in [0.05, 0.1) is 0 Å². The van der Waals surface area contributed by atoms with Crippen molar-refractivity contribution < 1.29 is 5.11 Å². The summed E-state index contributed by atoms with van der Waals surface area (Å²) in [4.78, 5) is 8.36. The normalized spacial score (nSPS) is 10.0. The van der Waals surface area contributed by atoms with Crippen molar-refractivity contribution in [2.24, 2.45) is 0 Å². The molecule has 0 unspecified atom stereocenters. The van der Waals surface area contributed by atoms with E-state index in [4.69, 9.17) is 5.11 Å². The minimum absolute atomic E-state index is 0.193. The number of hydrogen-bond donors (Lipinski definition) is 3. The third kappa shape index (κ3) is 4.60. The third-order valence-corrected chi connectivity index (χ3v) is 1.83. The van der Waals surface area contributed by atoms with Crippen LogP contribution in [0.15, 0.2) is 12.3 Å². The molecule has 1 aromatic rings. The largest absolute Gasteiger partial charge is 0.396 e. The summed E-state index contributed by atoms with van der Waals surface area (Å²) < 4.78 is 0. The van der Waals surface area contributed by atoms with Gasteiger partial charge in [-0.1, -0.05) is 6.92 Å². The molecule has 15 heavy (non-hydrogen) atoms. The Morgan fingerprint density at radius 3 is 2.93 bits per heavy atom. The van der Waals surface area contributed by atoms with Crippen LogP contribution in [0.5, 0.6) is 0 Å². The molecule has 1 rings (SSSR count). The Hall–Kier alpha value is -1.36. The fourth-order valence-electron chi connectivity index (χ4n) is 1.07. The van der Waals surface area contributed by atoms with Gasteiger partial charge in [-0.25, -0.2) is 4.98 Å². The molecule has 1 heterocycles. The number of aromatic nitrogens is 2. The van der Waals surface area contributed by atoms with Gasteiger partial charge in [-0.05, 0) is 18.9 Å². The van der Waals surface area contributed by atoms with Crippen molar-refractivity contribution in [3.8, 4) is 0 Å². The average Bonchev–Trinajstić information content (AvgIpc) is 2.27. The zero-order valence-electron chi connectivity index (χ0n) is 9.03. The van der Waals surface area contributed by atoms with Crippen molar-refractivity contribution in [3.63, 3.8) is 0 Å². The Morgan fingerprint density at radius 2 is 2.20 bits per heavy atom. The summed E-state index contributed by atoms with van der Waals surface area (Å²) >= 11 is 0. The maximum Gasteiger partial charge on any atom is 0.224 e. The zero-order valence-corrected chi connectivity index (χ0v) is 9.03. The maximum absolute atomic E-state index is 8.63. The van der Waals surface area contributed by atoms with Crippen LogP contribution in [-0.4, -0.2) is 34.8 Å². The van der Waals surface area contributed by atoms with E-state index in [9.17, 15) is 0 Å². The second kappa shape index (κ2) is 7.00. The van der Waals surface area contributed by atoms with E-state index in [0.29, 0.717) is 5.95 Å². The van der Waals surface area contributed by atoms with Crippen molar-refractivity contribution in [1.82, 2.24) is 9.97 Å². The van der Waals surface area contributed by atoms with Crippen molar-refractivity contribution in [3.05, 3.63) is 12.3 Å². The summed E-state index contributed by atoms with van der Waals surface area (Å²) in [5, 5.41) is 14.9. The molecule has 84 valence electrons. The lowest BCUT2D eigenvalue weighted by atomic mass is 10.4. The standard InChI is InChI=1S/C10H18N4O/c1-2-5-12-10-13-7-4-9(14-10)11-6-3-8-15/h4,7,15H,2-3,5-6,8H2,1H3,(H2,11,12,13,14). The van der Waals surface area contributed by atoms with Gasteiger partial charge in [-0.3, -0.25) is 0 Å². The summed E-state index contributed by atoms with van der Waals surface area (Å²) in [6.45, 7) is 3.89. The smallest absolute Gasteiger partial charge is 0.224 e. The lowest BCUT2D eigenvalue weighted by Gasteiger charge is -2.06. The van der Waals surface area contributed by atoms with E-state index in [1.165, 1.54) is 0 Å². The van der Waals surface area contributed by atoms with E-state index in [2.05, 4.69) is 27.5 Å². The van der Waals surface area contributed by atoms with Crippen LogP contribution in [0.2, 0.25) is 0 Å². The highest BCUT2D eigenvalue weighted by Crippen LogP contribution is 2.05. The summed E-state index contributed by atoms with van der Waals surface area (Å²) in [6, 6.07) is 1.81. The van der Waals surface area contributed by atoms with Gasteiger partial charge in [-0.2, -0.15) is 4.98 Å². The minimum atomic E-state index is 0.193. The van der Waals surface area contributed by atoms with Crippen molar-refractivity contribution in [2.45, 2.75) is 19.8 Å². The monoisotopic (exact) mass is 210 g/mol. The molecular formula is C10H18N4O. The van der Waals surface area contributed by atoms with E-state index >= 15 is 0 Å². The number of aliphatic hydroxyl groups is 1. The second-order valence-electron chi connectivity index (χ2n) is 3.20. The molecule has 0 saturated carbocycles. The Morgan fingerprint density at radius 1 is 1.33 bits per heavy atom. The van der Waals surface area contributed by atoms with Crippen LogP contribution in [0.3, 0.4) is 0 Å². The van der Waals surface area contributed by atoms with Crippen LogP contribution >= 0.6 is 0 Å². The highest BCUT2D eigenvalue weighted by atomic mass is 16.3. The first kappa shape index (κ1) is 11.7. The Kier molecular flexibility index (Phi) is 5.47. The van der Waals surface area contributed by atoms with E-state index in [0.717, 1.165) is 31.7 Å². The van der Waals surface area contributed by atoms with Gasteiger partial charge < -0.3 is 15.7 Å². The van der Waals surface area contributed by atoms with Crippen LogP contribution in [0.4, 0.5) is 11.8 Å². The van der Waals surface area contributed by atoms with Gasteiger partial charge in [0.25, 0.3) is 0 Å². The number of hydrogen-bond acceptors (Lipinski definition) is 5. The number of aliphatic hydroxyl groups excluding tert-OH is 1. The number of nitrogens with one attached hydrogen (secondary N) is 2. The number of rotatable bonds is 7. The molecule has 5 nitrogen and oxygen atoms in total. The molecule has 0 radical (unpaired) electrons. The van der Waals surface area contributed by atoms with Crippen LogP contribution in [0.1, 0.15) is 19.8 Å². The van der Waals surface area contributed by atoms with Crippen LogP contribution in [-0.2, 0) is 0 Å². The number of anilines is 2. The predicted molar refractivity (Wildman–Crippen MR) is 61.0 cm³/mol. The summed E-state index contributed by atoms with van der Waals surface area (Å²) in [5.74, 6) is 1.43. The molecule has 0 fully saturated rings. The molecule has 5 heteroatoms. The van der Waals surface area contributed by atoms with Gasteiger partial charge in [0, 0.05) is 25.9 Å². The van der Waals surface area contributed by atoms with Gasteiger partial charge in [-0.15, -0.1) is 0 Å². The molecule has 0 atom stereocenters. The topological polar surface area (TPSA) is 70.1 Å². The molecule has 1 aromatic heterocycles. The molecule has 0 aliphatic carbocycles. The second-order valence-corrected chi connectivity index (χ2v) is 3.20. The van der Waals surface area contributed by atoms with E-state index in [1.54, 1.807) is 6.20 Å². The number of nitrogens with zero attached hydrogens (tertiary/aromatic N) is 2. The van der Waals surface area contributed by atoms with Crippen LogP contribution < -0.4 is 10.6 Å². The summed E-state index contributed by atoms with van der Waals surface area (Å²) in [7, 11) is 0. The molecule has 0 spiro atoms. The first-order valence-corrected chi connectivity index (χ1v) is 5.28. The third-order valence-electron chi connectivity index (χ3n) is 1.83. The highest BCUT2D eigenvalue weighted by Gasteiger charge is 1.96. The Labute approximate surface area is 90.0 Å². The van der Waals surface area contributed by atoms with E-state index in [-0.39, 0.29) is 6.61 Å². The van der Waals surface area contributed by atoms with Gasteiger partial charge >= 0.3 is 0 Å². The van der Waals surface area contributed by atoms with Gasteiger partial charge in [0.15, 0.2) is 0 Å². The molecular weight excluding hydrogens is 192 g/mol. The molecule has 0 aliphatic heterocycles. The first-order valence-electron chi connectivity index (χ1n) is 5.28. The quantitative estimate of drug-likeness (QED) is 0.588. The first-order chi connectivity index (χ1) is 7.36. The SMILES string of the molecule is CCCNc1nccc(NCCCO)n1. The van der Waals surface area contributed by atoms with Crippen molar-refractivity contribution in [2.75, 3.05) is 30.3 Å². The molecule has 0 aliphatic rings. The molecule has 0 bridgehead atoms. The Bertz CT molecular complexity index is 280. The molecule has 0 saturated heterocycles. The fourth-order valence-corrected chi connectivity index (χ4v) is 1.07. The fraction of sp³-hybridized carbons (Fsp3) is 0.600. The average molecular weight is 210 g/mol. The van der Waals surface area contributed by atoms with Gasteiger partial charge in [0.2, 0.25) is 5.95 Å². The molecule has 0 aromatic carbocycles. The van der Waals surface area contributed by atoms with Crippen LogP contribution in [0, 0.1) is 0 Å². The predicted octanol–water partition coefficient (Wildman–Crippen LogP) is 1.09. The lowest BCUT2D eigenvalue weighted by Crippen LogP contribution is -2.08. The maximum atomic E-state index is 8.63. The molecule has 3 N–H and O–H groups in total. The Balaban J connectivity index is 2.42. The molecule has 0 amide bonds.